The van der Waals surface area contributed by atoms with Gasteiger partial charge in [0.2, 0.25) is 0 Å². The summed E-state index contributed by atoms with van der Waals surface area (Å²) >= 11 is 0. The topological polar surface area (TPSA) is 72.5 Å². The Morgan fingerprint density at radius 1 is 0.967 bits per heavy atom. The van der Waals surface area contributed by atoms with Crippen molar-refractivity contribution in [2.45, 2.75) is 50.8 Å². The summed E-state index contributed by atoms with van der Waals surface area (Å²) in [5, 5.41) is 7.84. The number of hydrogen-bond acceptors (Lipinski definition) is 2. The van der Waals surface area contributed by atoms with E-state index in [0.717, 1.165) is 27.5 Å². The summed E-state index contributed by atoms with van der Waals surface area (Å²) in [6.45, 7) is 7.80. The molecule has 0 aliphatic carbocycles. The van der Waals surface area contributed by atoms with Crippen LogP contribution in [-0.4, -0.2) is 10.1 Å². The quantitative estimate of drug-likeness (QED) is 0.569. The molecule has 3 aromatic rings. The summed E-state index contributed by atoms with van der Waals surface area (Å²) < 4.78 is 31.0. The molecule has 4 nitrogen and oxygen atoms in total. The lowest BCUT2D eigenvalue weighted by Crippen LogP contribution is -2.17. The number of halogens is 1. The zero-order chi connectivity index (χ0) is 22.1. The van der Waals surface area contributed by atoms with Crippen LogP contribution in [0.4, 0.5) is 4.39 Å². The maximum Gasteiger partial charge on any atom is 0.259 e. The van der Waals surface area contributed by atoms with Crippen LogP contribution in [0.3, 0.4) is 0 Å². The Morgan fingerprint density at radius 2 is 1.53 bits per heavy atom. The van der Waals surface area contributed by atoms with Crippen molar-refractivity contribution in [3.63, 3.8) is 0 Å². The number of carbonyl (C=O) groups is 1. The molecular formula is C24H27FN2O2S. The molecule has 6 heteroatoms. The Kier molecular flexibility index (Phi) is 6.38. The lowest BCUT2D eigenvalue weighted by atomic mass is 9.87. The Morgan fingerprint density at radius 3 is 2.10 bits per heavy atom. The monoisotopic (exact) mass is 426 g/mol. The van der Waals surface area contributed by atoms with Gasteiger partial charge in [0.25, 0.3) is 5.91 Å². The van der Waals surface area contributed by atoms with E-state index in [9.17, 15) is 13.4 Å². The van der Waals surface area contributed by atoms with Gasteiger partial charge in [-0.1, -0.05) is 58.0 Å². The molecule has 0 heterocycles. The predicted molar refractivity (Wildman–Crippen MR) is 120 cm³/mol. The SMILES string of the molecule is CC(C)c1cc(F)cc(C(C)C)c1CC(=O)N=S(N)(=O)c1ccc2ccccc2c1. The van der Waals surface area contributed by atoms with Gasteiger partial charge in [-0.2, -0.15) is 0 Å². The van der Waals surface area contributed by atoms with E-state index in [2.05, 4.69) is 4.36 Å². The molecule has 0 saturated heterocycles. The molecule has 2 N–H and O–H groups in total. The van der Waals surface area contributed by atoms with Crippen molar-refractivity contribution < 1.29 is 13.4 Å². The summed E-state index contributed by atoms with van der Waals surface area (Å²) in [5.41, 5.74) is 2.26. The van der Waals surface area contributed by atoms with Crippen LogP contribution < -0.4 is 5.14 Å². The van der Waals surface area contributed by atoms with Gasteiger partial charge >= 0.3 is 0 Å². The number of fused-ring (bicyclic) bond motifs is 1. The molecule has 158 valence electrons. The number of hydrogen-bond donors (Lipinski definition) is 1. The first-order valence-electron chi connectivity index (χ1n) is 9.97. The lowest BCUT2D eigenvalue weighted by molar-refractivity contribution is -0.117. The number of benzene rings is 3. The van der Waals surface area contributed by atoms with Crippen molar-refractivity contribution in [3.8, 4) is 0 Å². The number of nitrogens with zero attached hydrogens (tertiary/aromatic N) is 1. The van der Waals surface area contributed by atoms with E-state index in [4.69, 9.17) is 5.14 Å². The minimum absolute atomic E-state index is 0.0312. The smallest absolute Gasteiger partial charge is 0.259 e. The van der Waals surface area contributed by atoms with E-state index >= 15 is 0 Å². The van der Waals surface area contributed by atoms with Crippen LogP contribution in [0.2, 0.25) is 0 Å². The molecule has 0 aliphatic heterocycles. The van der Waals surface area contributed by atoms with Crippen molar-refractivity contribution in [1.29, 1.82) is 0 Å². The Bertz CT molecular complexity index is 1200. The molecule has 1 atom stereocenters. The van der Waals surface area contributed by atoms with Crippen LogP contribution in [0.15, 0.2) is 63.9 Å². The van der Waals surface area contributed by atoms with Gasteiger partial charge in [-0.3, -0.25) is 4.79 Å². The van der Waals surface area contributed by atoms with Gasteiger partial charge in [0.1, 0.15) is 15.7 Å². The zero-order valence-corrected chi connectivity index (χ0v) is 18.5. The molecule has 0 spiro atoms. The van der Waals surface area contributed by atoms with Gasteiger partial charge in [-0.15, -0.1) is 4.36 Å². The Hall–Kier alpha value is -2.57. The summed E-state index contributed by atoms with van der Waals surface area (Å²) in [7, 11) is -3.39. The molecule has 0 bridgehead atoms. The molecule has 0 aliphatic rings. The largest absolute Gasteiger partial charge is 0.272 e. The van der Waals surface area contributed by atoms with Gasteiger partial charge in [-0.05, 0) is 63.6 Å². The van der Waals surface area contributed by atoms with Crippen LogP contribution in [-0.2, 0) is 21.1 Å². The van der Waals surface area contributed by atoms with Crippen molar-refractivity contribution in [1.82, 2.24) is 0 Å². The molecule has 0 aromatic heterocycles. The van der Waals surface area contributed by atoms with Crippen LogP contribution in [0.25, 0.3) is 10.8 Å². The maximum atomic E-state index is 14.1. The molecule has 0 radical (unpaired) electrons. The third-order valence-corrected chi connectivity index (χ3v) is 6.56. The van der Waals surface area contributed by atoms with E-state index in [1.807, 2.05) is 58.0 Å². The highest BCUT2D eigenvalue weighted by molar-refractivity contribution is 7.91. The molecule has 1 amide bonds. The number of rotatable bonds is 5. The number of nitrogens with two attached hydrogens (primary N) is 1. The zero-order valence-electron chi connectivity index (χ0n) is 17.7. The highest BCUT2D eigenvalue weighted by Crippen LogP contribution is 2.30. The minimum atomic E-state index is -3.39. The fraction of sp³-hybridized carbons (Fsp3) is 0.292. The summed E-state index contributed by atoms with van der Waals surface area (Å²) in [6, 6.07) is 15.7. The molecule has 3 rings (SSSR count). The van der Waals surface area contributed by atoms with Crippen LogP contribution in [0.1, 0.15) is 56.2 Å². The average molecular weight is 427 g/mol. The molecule has 0 saturated carbocycles. The van der Waals surface area contributed by atoms with E-state index in [1.54, 1.807) is 12.1 Å². The van der Waals surface area contributed by atoms with Crippen molar-refractivity contribution in [3.05, 3.63) is 77.1 Å². The van der Waals surface area contributed by atoms with Crippen LogP contribution in [0, 0.1) is 5.82 Å². The number of carbonyl (C=O) groups excluding carboxylic acids is 1. The molecular weight excluding hydrogens is 399 g/mol. The number of amides is 1. The average Bonchev–Trinajstić information content (AvgIpc) is 2.67. The molecule has 3 aromatic carbocycles. The second-order valence-corrected chi connectivity index (χ2v) is 9.90. The summed E-state index contributed by atoms with van der Waals surface area (Å²) in [4.78, 5) is 13.1. The normalized spacial score (nSPS) is 13.6. The fourth-order valence-electron chi connectivity index (χ4n) is 3.65. The minimum Gasteiger partial charge on any atom is -0.272 e. The third kappa shape index (κ3) is 4.77. The lowest BCUT2D eigenvalue weighted by Gasteiger charge is -2.19. The first-order valence-corrected chi connectivity index (χ1v) is 11.5. The van der Waals surface area contributed by atoms with E-state index in [0.29, 0.717) is 4.90 Å². The third-order valence-electron chi connectivity index (χ3n) is 5.15. The van der Waals surface area contributed by atoms with Crippen LogP contribution in [0.5, 0.6) is 0 Å². The van der Waals surface area contributed by atoms with E-state index in [-0.39, 0.29) is 24.1 Å². The second kappa shape index (κ2) is 8.66. The van der Waals surface area contributed by atoms with Crippen molar-refractivity contribution in [2.75, 3.05) is 0 Å². The van der Waals surface area contributed by atoms with E-state index < -0.39 is 15.8 Å². The van der Waals surface area contributed by atoms with E-state index in [1.165, 1.54) is 12.1 Å². The molecule has 30 heavy (non-hydrogen) atoms. The first kappa shape index (κ1) is 22.1. The van der Waals surface area contributed by atoms with Gasteiger partial charge in [0, 0.05) is 0 Å². The van der Waals surface area contributed by atoms with Gasteiger partial charge in [0.15, 0.2) is 0 Å². The summed E-state index contributed by atoms with van der Waals surface area (Å²) in [5.74, 6) is -0.840. The van der Waals surface area contributed by atoms with Crippen molar-refractivity contribution >= 4 is 26.6 Å². The van der Waals surface area contributed by atoms with Gasteiger partial charge < -0.3 is 0 Å². The molecule has 1 unspecified atom stereocenters. The fourth-order valence-corrected chi connectivity index (χ4v) is 4.68. The predicted octanol–water partition coefficient (Wildman–Crippen LogP) is 5.70. The highest BCUT2D eigenvalue weighted by atomic mass is 32.2. The molecule has 0 fully saturated rings. The van der Waals surface area contributed by atoms with Crippen molar-refractivity contribution in [2.24, 2.45) is 9.50 Å². The second-order valence-electron chi connectivity index (χ2n) is 8.11. The highest BCUT2D eigenvalue weighted by Gasteiger charge is 2.20. The van der Waals surface area contributed by atoms with Gasteiger partial charge in [0.05, 0.1) is 11.3 Å². The van der Waals surface area contributed by atoms with Crippen LogP contribution >= 0.6 is 0 Å². The first-order chi connectivity index (χ1) is 14.1. The van der Waals surface area contributed by atoms with Gasteiger partial charge in [-0.25, -0.2) is 13.7 Å². The Balaban J connectivity index is 2.01. The maximum absolute atomic E-state index is 14.1. The standard InChI is InChI=1S/C24H27FN2O2S/c1-15(2)21-12-19(25)13-22(16(3)4)23(21)14-24(28)27-30(26,29)20-10-9-17-7-5-6-8-18(17)11-20/h5-13,15-16H,14H2,1-4H3,(H2,26,27,28,29). The Labute approximate surface area is 177 Å². The summed E-state index contributed by atoms with van der Waals surface area (Å²) in [6.07, 6.45) is -0.0664.